The van der Waals surface area contributed by atoms with Crippen molar-refractivity contribution < 1.29 is 13.0 Å². The highest BCUT2D eigenvalue weighted by Crippen LogP contribution is 1.78. The molecule has 6 heteroatoms. The molecule has 0 bridgehead atoms. The summed E-state index contributed by atoms with van der Waals surface area (Å²) < 4.78 is 25.9. The first-order valence-corrected chi connectivity index (χ1v) is 4.63. The number of nitrogens with zero attached hydrogens (tertiary/aromatic N) is 1. The molecule has 0 aliphatic rings. The Morgan fingerprint density at radius 3 is 2.18 bits per heavy atom. The van der Waals surface area contributed by atoms with Crippen LogP contribution in [0.2, 0.25) is 0 Å². The van der Waals surface area contributed by atoms with Crippen LogP contribution >= 0.6 is 0 Å². The predicted octanol–water partition coefficient (Wildman–Crippen LogP) is 0.222. The number of aromatic nitrogens is 2. The highest BCUT2D eigenvalue weighted by molar-refractivity contribution is 7.85. The number of H-pyrrole nitrogens is 1. The van der Waals surface area contributed by atoms with E-state index in [0.29, 0.717) is 6.26 Å². The van der Waals surface area contributed by atoms with Crippen molar-refractivity contribution in [1.29, 1.82) is 0 Å². The van der Waals surface area contributed by atoms with Gasteiger partial charge in [-0.15, -0.1) is 0 Å². The van der Waals surface area contributed by atoms with Gasteiger partial charge < -0.3 is 4.98 Å². The van der Waals surface area contributed by atoms with Gasteiger partial charge in [-0.2, -0.15) is 8.42 Å². The fraction of sp³-hybridized carbons (Fsp3) is 0.400. The van der Waals surface area contributed by atoms with Crippen molar-refractivity contribution in [2.24, 2.45) is 0 Å². The van der Waals surface area contributed by atoms with E-state index in [0.717, 1.165) is 5.82 Å². The Balaban J connectivity index is 0.000000187. The predicted molar refractivity (Wildman–Crippen MR) is 40.8 cm³/mol. The van der Waals surface area contributed by atoms with Gasteiger partial charge in [0, 0.05) is 12.4 Å². The standard InChI is InChI=1S/C4H6N2.CH4O3S/c1-4-5-2-3-6-4;1-5(2,3)4/h2-3H,1H3,(H,5,6);1H3,(H,2,3,4). The third-order valence-electron chi connectivity index (χ3n) is 0.635. The Morgan fingerprint density at radius 2 is 2.09 bits per heavy atom. The molecule has 64 valence electrons. The molecular weight excluding hydrogens is 168 g/mol. The highest BCUT2D eigenvalue weighted by Gasteiger charge is 1.81. The van der Waals surface area contributed by atoms with Gasteiger partial charge in [0.15, 0.2) is 0 Å². The smallest absolute Gasteiger partial charge is 0.261 e. The van der Waals surface area contributed by atoms with Gasteiger partial charge in [0.2, 0.25) is 0 Å². The van der Waals surface area contributed by atoms with Crippen LogP contribution in [0.1, 0.15) is 5.82 Å². The number of rotatable bonds is 0. The molecule has 0 saturated carbocycles. The van der Waals surface area contributed by atoms with Crippen molar-refractivity contribution >= 4 is 10.1 Å². The summed E-state index contributed by atoms with van der Waals surface area (Å²) in [7, 11) is -3.67. The van der Waals surface area contributed by atoms with Crippen LogP contribution < -0.4 is 0 Å². The minimum Gasteiger partial charge on any atom is -0.349 e. The van der Waals surface area contributed by atoms with Gasteiger partial charge in [-0.1, -0.05) is 0 Å². The summed E-state index contributed by atoms with van der Waals surface area (Å²) in [5.74, 6) is 0.968. The zero-order chi connectivity index (χ0) is 8.91. The van der Waals surface area contributed by atoms with Crippen LogP contribution in [-0.2, 0) is 10.1 Å². The second-order valence-corrected chi connectivity index (χ2v) is 3.37. The van der Waals surface area contributed by atoms with Crippen molar-refractivity contribution in [2.75, 3.05) is 6.26 Å². The second-order valence-electron chi connectivity index (χ2n) is 1.91. The zero-order valence-corrected chi connectivity index (χ0v) is 7.09. The minimum atomic E-state index is -3.67. The van der Waals surface area contributed by atoms with E-state index in [1.807, 2.05) is 6.92 Å². The van der Waals surface area contributed by atoms with Crippen LogP contribution in [0.4, 0.5) is 0 Å². The molecular formula is C5H10N2O3S. The molecule has 0 atom stereocenters. The number of hydrogen-bond donors (Lipinski definition) is 2. The van der Waals surface area contributed by atoms with Gasteiger partial charge in [0.05, 0.1) is 6.26 Å². The number of imidazole rings is 1. The first-order chi connectivity index (χ1) is 4.89. The number of hydrogen-bond acceptors (Lipinski definition) is 3. The maximum absolute atomic E-state index is 9.19. The number of aryl methyl sites for hydroxylation is 1. The van der Waals surface area contributed by atoms with Crippen molar-refractivity contribution in [3.63, 3.8) is 0 Å². The third kappa shape index (κ3) is 12.3. The second kappa shape index (κ2) is 4.09. The highest BCUT2D eigenvalue weighted by atomic mass is 32.2. The molecule has 2 N–H and O–H groups in total. The van der Waals surface area contributed by atoms with Crippen LogP contribution in [0.15, 0.2) is 12.4 Å². The summed E-state index contributed by atoms with van der Waals surface area (Å²) in [5.41, 5.74) is 0. The maximum atomic E-state index is 9.19. The molecule has 0 aliphatic heterocycles. The summed E-state index contributed by atoms with van der Waals surface area (Å²) in [6.45, 7) is 1.92. The van der Waals surface area contributed by atoms with Gasteiger partial charge >= 0.3 is 0 Å². The van der Waals surface area contributed by atoms with E-state index in [-0.39, 0.29) is 0 Å². The molecule has 0 aliphatic carbocycles. The Morgan fingerprint density at radius 1 is 1.64 bits per heavy atom. The van der Waals surface area contributed by atoms with E-state index in [2.05, 4.69) is 9.97 Å². The fourth-order valence-corrected chi connectivity index (χ4v) is 0.344. The molecule has 0 unspecified atom stereocenters. The van der Waals surface area contributed by atoms with Gasteiger partial charge in [-0.25, -0.2) is 4.98 Å². The molecule has 5 nitrogen and oxygen atoms in total. The minimum absolute atomic E-state index is 0.715. The van der Waals surface area contributed by atoms with E-state index >= 15 is 0 Å². The SMILES string of the molecule is CS(=O)(=O)O.Cc1ncc[nH]1. The maximum Gasteiger partial charge on any atom is 0.261 e. The van der Waals surface area contributed by atoms with Crippen LogP contribution in [0, 0.1) is 6.92 Å². The molecule has 11 heavy (non-hydrogen) atoms. The molecule has 0 fully saturated rings. The largest absolute Gasteiger partial charge is 0.349 e. The molecule has 0 radical (unpaired) electrons. The van der Waals surface area contributed by atoms with Crippen LogP contribution in [0.25, 0.3) is 0 Å². The Hall–Kier alpha value is -0.880. The average molecular weight is 178 g/mol. The lowest BCUT2D eigenvalue weighted by molar-refractivity contribution is 0.490. The number of nitrogens with one attached hydrogen (secondary N) is 1. The van der Waals surface area contributed by atoms with Gasteiger partial charge in [-0.3, -0.25) is 4.55 Å². The Labute approximate surface area is 65.2 Å². The van der Waals surface area contributed by atoms with E-state index in [1.54, 1.807) is 12.4 Å². The van der Waals surface area contributed by atoms with Crippen molar-refractivity contribution in [3.05, 3.63) is 18.2 Å². The van der Waals surface area contributed by atoms with Crippen LogP contribution in [0.5, 0.6) is 0 Å². The fourth-order valence-electron chi connectivity index (χ4n) is 0.344. The Kier molecular flexibility index (Phi) is 3.77. The lowest BCUT2D eigenvalue weighted by atomic mass is 10.8. The lowest BCUT2D eigenvalue weighted by Gasteiger charge is -1.69. The topological polar surface area (TPSA) is 83.1 Å². The molecule has 0 saturated heterocycles. The summed E-state index contributed by atoms with van der Waals surface area (Å²) in [4.78, 5) is 6.75. The third-order valence-corrected chi connectivity index (χ3v) is 0.635. The molecule has 0 aromatic carbocycles. The average Bonchev–Trinajstić information content (AvgIpc) is 2.12. The first-order valence-electron chi connectivity index (χ1n) is 2.78. The van der Waals surface area contributed by atoms with Gasteiger partial charge in [-0.05, 0) is 6.92 Å². The molecule has 1 aromatic rings. The van der Waals surface area contributed by atoms with Gasteiger partial charge in [0.25, 0.3) is 10.1 Å². The molecule has 1 aromatic heterocycles. The van der Waals surface area contributed by atoms with Gasteiger partial charge in [0.1, 0.15) is 5.82 Å². The number of aromatic amines is 1. The molecule has 0 spiro atoms. The quantitative estimate of drug-likeness (QED) is 0.557. The van der Waals surface area contributed by atoms with E-state index in [9.17, 15) is 8.42 Å². The molecule has 1 rings (SSSR count). The summed E-state index contributed by atoms with van der Waals surface area (Å²) in [5, 5.41) is 0. The van der Waals surface area contributed by atoms with E-state index < -0.39 is 10.1 Å². The van der Waals surface area contributed by atoms with E-state index in [4.69, 9.17) is 4.55 Å². The molecule has 0 amide bonds. The van der Waals surface area contributed by atoms with E-state index in [1.165, 1.54) is 0 Å². The monoisotopic (exact) mass is 178 g/mol. The van der Waals surface area contributed by atoms with Crippen LogP contribution in [-0.4, -0.2) is 29.2 Å². The molecule has 1 heterocycles. The summed E-state index contributed by atoms with van der Waals surface area (Å²) in [6, 6.07) is 0. The summed E-state index contributed by atoms with van der Waals surface area (Å²) >= 11 is 0. The summed E-state index contributed by atoms with van der Waals surface area (Å²) in [6.07, 6.45) is 4.25. The van der Waals surface area contributed by atoms with Crippen LogP contribution in [0.3, 0.4) is 0 Å². The normalized spacial score (nSPS) is 10.1. The lowest BCUT2D eigenvalue weighted by Crippen LogP contribution is -1.88. The van der Waals surface area contributed by atoms with Crippen molar-refractivity contribution in [2.45, 2.75) is 6.92 Å². The van der Waals surface area contributed by atoms with Crippen molar-refractivity contribution in [3.8, 4) is 0 Å². The Bertz CT molecular complexity index is 269. The first kappa shape index (κ1) is 10.1. The van der Waals surface area contributed by atoms with Crippen molar-refractivity contribution in [1.82, 2.24) is 9.97 Å². The zero-order valence-electron chi connectivity index (χ0n) is 6.27.